The third kappa shape index (κ3) is 2.91. The quantitative estimate of drug-likeness (QED) is 0.519. The predicted molar refractivity (Wildman–Crippen MR) is 99.7 cm³/mol. The van der Waals surface area contributed by atoms with Gasteiger partial charge in [0, 0.05) is 11.6 Å². The summed E-state index contributed by atoms with van der Waals surface area (Å²) in [6.07, 6.45) is 3.22. The van der Waals surface area contributed by atoms with Crippen LogP contribution in [-0.2, 0) is 0 Å². The SMILES string of the molecule is COc1cc(-c2nc3s/c(=C/c4ccco4)c(=O)n3n2)cc(OC)c1OC. The molecule has 0 saturated heterocycles. The number of rotatable bonds is 5. The molecule has 0 aliphatic carbocycles. The molecule has 0 saturated carbocycles. The minimum atomic E-state index is -0.252. The fourth-order valence-corrected chi connectivity index (χ4v) is 3.56. The second-order valence-electron chi connectivity index (χ2n) is 5.48. The summed E-state index contributed by atoms with van der Waals surface area (Å²) in [5.74, 6) is 2.44. The summed E-state index contributed by atoms with van der Waals surface area (Å²) in [4.78, 5) is 17.5. The normalized spacial score (nSPS) is 11.9. The molecule has 9 heteroatoms. The van der Waals surface area contributed by atoms with Crippen LogP contribution in [0.3, 0.4) is 0 Å². The number of ether oxygens (including phenoxy) is 3. The fourth-order valence-electron chi connectivity index (χ4n) is 2.67. The molecule has 0 amide bonds. The van der Waals surface area contributed by atoms with E-state index in [-0.39, 0.29) is 5.56 Å². The standard InChI is InChI=1S/C18H15N3O5S/c1-23-12-7-10(8-13(24-2)15(12)25-3)16-19-18-21(20-16)17(22)14(27-18)9-11-5-4-6-26-11/h4-9H,1-3H3/b14-9+. The van der Waals surface area contributed by atoms with Crippen molar-refractivity contribution in [2.75, 3.05) is 21.3 Å². The first kappa shape index (κ1) is 17.1. The molecule has 0 aliphatic rings. The highest BCUT2D eigenvalue weighted by Crippen LogP contribution is 2.40. The number of furan rings is 1. The average Bonchev–Trinajstić information content (AvgIpc) is 3.40. The first-order valence-electron chi connectivity index (χ1n) is 7.89. The van der Waals surface area contributed by atoms with Crippen LogP contribution < -0.4 is 24.3 Å². The topological polar surface area (TPSA) is 88.1 Å². The number of methoxy groups -OCH3 is 3. The van der Waals surface area contributed by atoms with Crippen LogP contribution in [0.2, 0.25) is 0 Å². The van der Waals surface area contributed by atoms with Gasteiger partial charge < -0.3 is 18.6 Å². The van der Waals surface area contributed by atoms with Crippen molar-refractivity contribution < 1.29 is 18.6 Å². The summed E-state index contributed by atoms with van der Waals surface area (Å²) < 4.78 is 23.1. The van der Waals surface area contributed by atoms with Crippen LogP contribution in [0.5, 0.6) is 17.2 Å². The number of aromatic nitrogens is 3. The first-order valence-corrected chi connectivity index (χ1v) is 8.71. The van der Waals surface area contributed by atoms with Crippen LogP contribution >= 0.6 is 11.3 Å². The Hall–Kier alpha value is -3.33. The Balaban J connectivity index is 1.83. The van der Waals surface area contributed by atoms with E-state index in [4.69, 9.17) is 18.6 Å². The lowest BCUT2D eigenvalue weighted by Gasteiger charge is -2.12. The molecule has 3 heterocycles. The number of benzene rings is 1. The highest BCUT2D eigenvalue weighted by Gasteiger charge is 2.18. The zero-order chi connectivity index (χ0) is 19.0. The smallest absolute Gasteiger partial charge is 0.291 e. The Kier molecular flexibility index (Phi) is 4.28. The molecule has 3 aromatic heterocycles. The van der Waals surface area contributed by atoms with E-state index >= 15 is 0 Å². The average molecular weight is 385 g/mol. The minimum absolute atomic E-state index is 0.252. The molecule has 138 valence electrons. The third-order valence-electron chi connectivity index (χ3n) is 3.92. The van der Waals surface area contributed by atoms with Crippen molar-refractivity contribution in [2.45, 2.75) is 0 Å². The Bertz CT molecular complexity index is 1190. The van der Waals surface area contributed by atoms with Gasteiger partial charge in [0.2, 0.25) is 10.7 Å². The van der Waals surface area contributed by atoms with Crippen LogP contribution in [0.25, 0.3) is 22.4 Å². The minimum Gasteiger partial charge on any atom is -0.493 e. The number of hydrogen-bond donors (Lipinski definition) is 0. The van der Waals surface area contributed by atoms with Crippen LogP contribution in [0.4, 0.5) is 0 Å². The molecule has 8 nitrogen and oxygen atoms in total. The number of nitrogens with zero attached hydrogens (tertiary/aromatic N) is 3. The molecule has 27 heavy (non-hydrogen) atoms. The lowest BCUT2D eigenvalue weighted by molar-refractivity contribution is 0.324. The maximum atomic E-state index is 12.6. The molecule has 0 atom stereocenters. The van der Waals surface area contributed by atoms with E-state index in [1.165, 1.54) is 37.2 Å². The van der Waals surface area contributed by atoms with Gasteiger partial charge in [0.25, 0.3) is 5.56 Å². The van der Waals surface area contributed by atoms with Crippen molar-refractivity contribution in [3.8, 4) is 28.6 Å². The summed E-state index contributed by atoms with van der Waals surface area (Å²) in [6.45, 7) is 0. The molecule has 0 aliphatic heterocycles. The maximum Gasteiger partial charge on any atom is 0.291 e. The Morgan fingerprint density at radius 3 is 2.44 bits per heavy atom. The van der Waals surface area contributed by atoms with Crippen molar-refractivity contribution in [3.05, 3.63) is 51.2 Å². The zero-order valence-electron chi connectivity index (χ0n) is 14.8. The second kappa shape index (κ2) is 6.76. The van der Waals surface area contributed by atoms with Gasteiger partial charge in [0.05, 0.1) is 27.6 Å². The van der Waals surface area contributed by atoms with Crippen molar-refractivity contribution in [3.63, 3.8) is 0 Å². The predicted octanol–water partition coefficient (Wildman–Crippen LogP) is 1.98. The van der Waals surface area contributed by atoms with Crippen molar-refractivity contribution in [2.24, 2.45) is 0 Å². The van der Waals surface area contributed by atoms with Gasteiger partial charge in [-0.2, -0.15) is 9.50 Å². The Morgan fingerprint density at radius 2 is 1.89 bits per heavy atom. The summed E-state index contributed by atoms with van der Waals surface area (Å²) in [5, 5.41) is 4.34. The molecule has 0 unspecified atom stereocenters. The van der Waals surface area contributed by atoms with E-state index in [1.54, 1.807) is 36.6 Å². The highest BCUT2D eigenvalue weighted by atomic mass is 32.1. The van der Waals surface area contributed by atoms with Crippen LogP contribution in [-0.4, -0.2) is 35.9 Å². The van der Waals surface area contributed by atoms with E-state index in [9.17, 15) is 4.79 Å². The number of hydrogen-bond acceptors (Lipinski definition) is 8. The zero-order valence-corrected chi connectivity index (χ0v) is 15.6. The van der Waals surface area contributed by atoms with Crippen LogP contribution in [0.1, 0.15) is 5.76 Å². The molecule has 0 N–H and O–H groups in total. The largest absolute Gasteiger partial charge is 0.493 e. The second-order valence-corrected chi connectivity index (χ2v) is 6.48. The van der Waals surface area contributed by atoms with Gasteiger partial charge in [0.1, 0.15) is 10.3 Å². The maximum absolute atomic E-state index is 12.6. The van der Waals surface area contributed by atoms with Gasteiger partial charge >= 0.3 is 0 Å². The number of thiazole rings is 1. The third-order valence-corrected chi connectivity index (χ3v) is 4.88. The lowest BCUT2D eigenvalue weighted by atomic mass is 10.1. The fraction of sp³-hybridized carbons (Fsp3) is 0.167. The van der Waals surface area contributed by atoms with E-state index in [0.717, 1.165) is 0 Å². The van der Waals surface area contributed by atoms with Crippen molar-refractivity contribution in [1.29, 1.82) is 0 Å². The van der Waals surface area contributed by atoms with Crippen molar-refractivity contribution in [1.82, 2.24) is 14.6 Å². The van der Waals surface area contributed by atoms with E-state index < -0.39 is 0 Å². The number of fused-ring (bicyclic) bond motifs is 1. The van der Waals surface area contributed by atoms with E-state index in [1.807, 2.05) is 0 Å². The Labute approximate surface area is 157 Å². The summed E-state index contributed by atoms with van der Waals surface area (Å²) in [6, 6.07) is 7.01. The van der Waals surface area contributed by atoms with Crippen LogP contribution in [0, 0.1) is 0 Å². The molecule has 0 bridgehead atoms. The lowest BCUT2D eigenvalue weighted by Crippen LogP contribution is -2.23. The van der Waals surface area contributed by atoms with E-state index in [0.29, 0.717) is 43.9 Å². The van der Waals surface area contributed by atoms with Gasteiger partial charge in [0.15, 0.2) is 17.3 Å². The summed E-state index contributed by atoms with van der Waals surface area (Å²) in [5.41, 5.74) is 0.397. The van der Waals surface area contributed by atoms with Crippen molar-refractivity contribution >= 4 is 22.4 Å². The van der Waals surface area contributed by atoms with Crippen LogP contribution in [0.15, 0.2) is 39.7 Å². The summed E-state index contributed by atoms with van der Waals surface area (Å²) in [7, 11) is 4.60. The molecular formula is C18H15N3O5S. The molecular weight excluding hydrogens is 370 g/mol. The van der Waals surface area contributed by atoms with Gasteiger partial charge in [-0.05, 0) is 24.3 Å². The molecule has 0 spiro atoms. The highest BCUT2D eigenvalue weighted by molar-refractivity contribution is 7.15. The summed E-state index contributed by atoms with van der Waals surface area (Å²) >= 11 is 1.24. The van der Waals surface area contributed by atoms with E-state index in [2.05, 4.69) is 10.1 Å². The van der Waals surface area contributed by atoms with Gasteiger partial charge in [-0.25, -0.2) is 0 Å². The Morgan fingerprint density at radius 1 is 1.15 bits per heavy atom. The first-order chi connectivity index (χ1) is 13.1. The van der Waals surface area contributed by atoms with Gasteiger partial charge in [-0.1, -0.05) is 11.3 Å². The molecule has 1 aromatic carbocycles. The molecule has 4 rings (SSSR count). The monoisotopic (exact) mass is 385 g/mol. The van der Waals surface area contributed by atoms with Gasteiger partial charge in [-0.15, -0.1) is 5.10 Å². The molecule has 0 fully saturated rings. The van der Waals surface area contributed by atoms with Gasteiger partial charge in [-0.3, -0.25) is 4.79 Å². The molecule has 4 aromatic rings. The molecule has 0 radical (unpaired) electrons.